The maximum absolute atomic E-state index is 11.4. The molecule has 88 valence electrons. The third kappa shape index (κ3) is 4.47. The standard InChI is InChI=1S/C13H14N2O2/c1-13(2,3)17-12(16)15-11(9-14)10-7-5-4-6-8-10/h4-8H,1-3H3/b15-11-. The first-order valence-electron chi connectivity index (χ1n) is 5.19. The molecular formula is C13H14N2O2. The average Bonchev–Trinajstić information content (AvgIpc) is 2.24. The Morgan fingerprint density at radius 2 is 1.88 bits per heavy atom. The van der Waals surface area contributed by atoms with Gasteiger partial charge in [-0.25, -0.2) is 4.79 Å². The molecule has 17 heavy (non-hydrogen) atoms. The molecule has 0 fully saturated rings. The predicted molar refractivity (Wildman–Crippen MR) is 64.8 cm³/mol. The fraction of sp³-hybridized carbons (Fsp3) is 0.308. The summed E-state index contributed by atoms with van der Waals surface area (Å²) in [4.78, 5) is 15.1. The minimum absolute atomic E-state index is 0.0554. The van der Waals surface area contributed by atoms with Crippen LogP contribution in [0.3, 0.4) is 0 Å². The molecule has 1 rings (SSSR count). The molecule has 0 atom stereocenters. The number of hydrogen-bond donors (Lipinski definition) is 0. The van der Waals surface area contributed by atoms with E-state index in [1.165, 1.54) is 0 Å². The second kappa shape index (κ2) is 5.26. The summed E-state index contributed by atoms with van der Waals surface area (Å²) in [7, 11) is 0. The van der Waals surface area contributed by atoms with Gasteiger partial charge in [0.05, 0.1) is 0 Å². The summed E-state index contributed by atoms with van der Waals surface area (Å²) in [6.45, 7) is 5.24. The lowest BCUT2D eigenvalue weighted by molar-refractivity contribution is 0.0604. The van der Waals surface area contributed by atoms with Crippen molar-refractivity contribution in [2.75, 3.05) is 0 Å². The van der Waals surface area contributed by atoms with Gasteiger partial charge in [-0.2, -0.15) is 10.3 Å². The molecule has 0 aliphatic carbocycles. The van der Waals surface area contributed by atoms with Crippen molar-refractivity contribution in [1.29, 1.82) is 5.26 Å². The van der Waals surface area contributed by atoms with Crippen molar-refractivity contribution in [2.45, 2.75) is 26.4 Å². The number of hydrogen-bond acceptors (Lipinski definition) is 3. The maximum Gasteiger partial charge on any atom is 0.435 e. The van der Waals surface area contributed by atoms with E-state index in [1.54, 1.807) is 45.0 Å². The molecular weight excluding hydrogens is 216 g/mol. The molecule has 0 spiro atoms. The lowest BCUT2D eigenvalue weighted by Gasteiger charge is -2.17. The predicted octanol–water partition coefficient (Wildman–Crippen LogP) is 2.93. The van der Waals surface area contributed by atoms with Crippen LogP contribution in [0.2, 0.25) is 0 Å². The van der Waals surface area contributed by atoms with E-state index in [1.807, 2.05) is 12.1 Å². The molecule has 0 saturated carbocycles. The molecule has 1 amide bonds. The van der Waals surface area contributed by atoms with E-state index >= 15 is 0 Å². The Bertz CT molecular complexity index is 464. The highest BCUT2D eigenvalue weighted by Gasteiger charge is 2.16. The van der Waals surface area contributed by atoms with Gasteiger partial charge in [-0.3, -0.25) is 0 Å². The van der Waals surface area contributed by atoms with Crippen molar-refractivity contribution in [3.8, 4) is 6.07 Å². The van der Waals surface area contributed by atoms with Gasteiger partial charge >= 0.3 is 6.09 Å². The van der Waals surface area contributed by atoms with Crippen LogP contribution in [0.1, 0.15) is 26.3 Å². The van der Waals surface area contributed by atoms with Crippen molar-refractivity contribution in [3.05, 3.63) is 35.9 Å². The van der Waals surface area contributed by atoms with Gasteiger partial charge in [0.25, 0.3) is 0 Å². The van der Waals surface area contributed by atoms with Gasteiger partial charge in [0.2, 0.25) is 0 Å². The molecule has 0 unspecified atom stereocenters. The quantitative estimate of drug-likeness (QED) is 0.697. The number of benzene rings is 1. The molecule has 0 heterocycles. The van der Waals surface area contributed by atoms with E-state index < -0.39 is 11.7 Å². The number of nitriles is 1. The SMILES string of the molecule is CC(C)(C)OC(=O)/N=C(/C#N)c1ccccc1. The Morgan fingerprint density at radius 1 is 1.29 bits per heavy atom. The Balaban J connectivity index is 2.90. The van der Waals surface area contributed by atoms with Crippen LogP contribution in [0.15, 0.2) is 35.3 Å². The summed E-state index contributed by atoms with van der Waals surface area (Å²) < 4.78 is 5.01. The van der Waals surface area contributed by atoms with Crippen molar-refractivity contribution in [1.82, 2.24) is 0 Å². The van der Waals surface area contributed by atoms with Gasteiger partial charge in [0.1, 0.15) is 11.7 Å². The largest absolute Gasteiger partial charge is 0.442 e. The van der Waals surface area contributed by atoms with Crippen LogP contribution in [0, 0.1) is 11.3 Å². The highest BCUT2D eigenvalue weighted by molar-refractivity contribution is 6.14. The van der Waals surface area contributed by atoms with Gasteiger partial charge < -0.3 is 4.74 Å². The molecule has 0 bridgehead atoms. The summed E-state index contributed by atoms with van der Waals surface area (Å²) in [5, 5.41) is 8.94. The van der Waals surface area contributed by atoms with Crippen LogP contribution in [0.25, 0.3) is 0 Å². The molecule has 0 aromatic heterocycles. The van der Waals surface area contributed by atoms with Crippen LogP contribution >= 0.6 is 0 Å². The highest BCUT2D eigenvalue weighted by Crippen LogP contribution is 2.09. The Kier molecular flexibility index (Phi) is 4.00. The number of carbonyl (C=O) groups excluding carboxylic acids is 1. The summed E-state index contributed by atoms with van der Waals surface area (Å²) >= 11 is 0. The third-order valence-electron chi connectivity index (χ3n) is 1.75. The maximum atomic E-state index is 11.4. The summed E-state index contributed by atoms with van der Waals surface area (Å²) in [5.41, 5.74) is 0.0402. The topological polar surface area (TPSA) is 62.4 Å². The molecule has 0 radical (unpaired) electrons. The summed E-state index contributed by atoms with van der Waals surface area (Å²) in [5.74, 6) is 0. The Labute approximate surface area is 101 Å². The molecule has 4 heteroatoms. The first-order chi connectivity index (χ1) is 7.92. The second-order valence-electron chi connectivity index (χ2n) is 4.42. The van der Waals surface area contributed by atoms with Crippen LogP contribution in [0.5, 0.6) is 0 Å². The van der Waals surface area contributed by atoms with Gasteiger partial charge in [-0.15, -0.1) is 0 Å². The number of aliphatic imine (C=N–C) groups is 1. The zero-order valence-electron chi connectivity index (χ0n) is 10.1. The van der Waals surface area contributed by atoms with Crippen LogP contribution in [0.4, 0.5) is 4.79 Å². The number of carbonyl (C=O) groups is 1. The molecule has 0 saturated heterocycles. The van der Waals surface area contributed by atoms with Crippen molar-refractivity contribution in [2.24, 2.45) is 4.99 Å². The zero-order chi connectivity index (χ0) is 12.9. The number of rotatable bonds is 1. The lowest BCUT2D eigenvalue weighted by atomic mass is 10.1. The molecule has 0 aliphatic heterocycles. The zero-order valence-corrected chi connectivity index (χ0v) is 10.1. The minimum atomic E-state index is -0.752. The monoisotopic (exact) mass is 230 g/mol. The molecule has 0 N–H and O–H groups in total. The van der Waals surface area contributed by atoms with E-state index in [2.05, 4.69) is 4.99 Å². The number of ether oxygens (including phenoxy) is 1. The van der Waals surface area contributed by atoms with Gasteiger partial charge in [0.15, 0.2) is 5.71 Å². The second-order valence-corrected chi connectivity index (χ2v) is 4.42. The van der Waals surface area contributed by atoms with E-state index in [-0.39, 0.29) is 5.71 Å². The molecule has 4 nitrogen and oxygen atoms in total. The highest BCUT2D eigenvalue weighted by atomic mass is 16.6. The summed E-state index contributed by atoms with van der Waals surface area (Å²) in [6.07, 6.45) is -0.752. The molecule has 1 aromatic rings. The lowest BCUT2D eigenvalue weighted by Crippen LogP contribution is -2.22. The first kappa shape index (κ1) is 12.9. The van der Waals surface area contributed by atoms with E-state index in [0.29, 0.717) is 5.56 Å². The molecule has 0 aliphatic rings. The Morgan fingerprint density at radius 3 is 2.35 bits per heavy atom. The fourth-order valence-corrected chi connectivity index (χ4v) is 1.13. The summed E-state index contributed by atoms with van der Waals surface area (Å²) in [6, 6.07) is 10.7. The minimum Gasteiger partial charge on any atom is -0.442 e. The molecule has 1 aromatic carbocycles. The van der Waals surface area contributed by atoms with Crippen molar-refractivity contribution < 1.29 is 9.53 Å². The Hall–Kier alpha value is -2.15. The van der Waals surface area contributed by atoms with Gasteiger partial charge in [0, 0.05) is 5.56 Å². The van der Waals surface area contributed by atoms with E-state index in [0.717, 1.165) is 0 Å². The number of amides is 1. The number of nitrogens with zero attached hydrogens (tertiary/aromatic N) is 2. The van der Waals surface area contributed by atoms with Crippen molar-refractivity contribution in [3.63, 3.8) is 0 Å². The average molecular weight is 230 g/mol. The first-order valence-corrected chi connectivity index (χ1v) is 5.19. The third-order valence-corrected chi connectivity index (χ3v) is 1.75. The van der Waals surface area contributed by atoms with Crippen LogP contribution in [-0.2, 0) is 4.74 Å². The van der Waals surface area contributed by atoms with Crippen LogP contribution in [-0.4, -0.2) is 17.4 Å². The van der Waals surface area contributed by atoms with Gasteiger partial charge in [-0.05, 0) is 20.8 Å². The van der Waals surface area contributed by atoms with E-state index in [4.69, 9.17) is 10.00 Å². The fourth-order valence-electron chi connectivity index (χ4n) is 1.13. The smallest absolute Gasteiger partial charge is 0.435 e. The van der Waals surface area contributed by atoms with Crippen molar-refractivity contribution >= 4 is 11.8 Å². The normalized spacial score (nSPS) is 11.8. The van der Waals surface area contributed by atoms with Crippen LogP contribution < -0.4 is 0 Å². The van der Waals surface area contributed by atoms with Gasteiger partial charge in [-0.1, -0.05) is 30.3 Å². The van der Waals surface area contributed by atoms with E-state index in [9.17, 15) is 4.79 Å².